The topological polar surface area (TPSA) is 63.5 Å². The molecule has 3 rings (SSSR count). The predicted molar refractivity (Wildman–Crippen MR) is 84.4 cm³/mol. The molecular formula is C17H15FN2O3. The third-order valence-corrected chi connectivity index (χ3v) is 4.19. The number of amides is 1. The lowest BCUT2D eigenvalue weighted by molar-refractivity contribution is -0.385. The Morgan fingerprint density at radius 2 is 1.83 bits per heavy atom. The lowest BCUT2D eigenvalue weighted by Gasteiger charge is -2.29. The number of nitro benzene ring substituents is 1. The molecular weight excluding hydrogens is 299 g/mol. The Morgan fingerprint density at radius 1 is 1.17 bits per heavy atom. The maximum Gasteiger partial charge on any atom is 0.285 e. The minimum atomic E-state index is -0.500. The number of halogens is 1. The molecule has 0 saturated heterocycles. The van der Waals surface area contributed by atoms with Gasteiger partial charge in [-0.25, -0.2) is 4.39 Å². The second kappa shape index (κ2) is 5.46. The van der Waals surface area contributed by atoms with Crippen LogP contribution in [0.2, 0.25) is 0 Å². The first-order chi connectivity index (χ1) is 10.9. The van der Waals surface area contributed by atoms with Gasteiger partial charge in [0.25, 0.3) is 11.6 Å². The maximum atomic E-state index is 13.1. The average molecular weight is 314 g/mol. The minimum Gasteiger partial charge on any atom is -0.308 e. The zero-order valence-electron chi connectivity index (χ0n) is 12.8. The number of nitro groups is 1. The summed E-state index contributed by atoms with van der Waals surface area (Å²) < 4.78 is 13.1. The molecule has 1 amide bonds. The van der Waals surface area contributed by atoms with E-state index >= 15 is 0 Å². The zero-order valence-corrected chi connectivity index (χ0v) is 12.8. The van der Waals surface area contributed by atoms with Crippen LogP contribution in [0.25, 0.3) is 0 Å². The number of carbonyl (C=O) groups excluding carboxylic acids is 1. The van der Waals surface area contributed by atoms with Crippen LogP contribution in [0, 0.1) is 29.8 Å². The molecule has 1 heterocycles. The Labute approximate surface area is 132 Å². The fourth-order valence-electron chi connectivity index (χ4n) is 3.13. The Morgan fingerprint density at radius 3 is 2.43 bits per heavy atom. The molecule has 2 aromatic rings. The van der Waals surface area contributed by atoms with Crippen molar-refractivity contribution in [2.45, 2.75) is 20.3 Å². The maximum absolute atomic E-state index is 13.1. The van der Waals surface area contributed by atoms with Crippen LogP contribution in [0.1, 0.15) is 27.0 Å². The number of rotatable bonds is 2. The molecule has 118 valence electrons. The summed E-state index contributed by atoms with van der Waals surface area (Å²) in [5, 5.41) is 11.4. The molecule has 0 spiro atoms. The predicted octanol–water partition coefficient (Wildman–Crippen LogP) is 3.55. The Balaban J connectivity index is 2.15. The molecule has 0 N–H and O–H groups in total. The number of aryl methyl sites for hydroxylation is 2. The Bertz CT molecular complexity index is 816. The van der Waals surface area contributed by atoms with Crippen molar-refractivity contribution in [1.29, 1.82) is 0 Å². The van der Waals surface area contributed by atoms with Crippen LogP contribution in [0.5, 0.6) is 0 Å². The second-order valence-corrected chi connectivity index (χ2v) is 5.65. The summed E-state index contributed by atoms with van der Waals surface area (Å²) in [5.41, 5.74) is 2.64. The molecule has 0 aromatic heterocycles. The third kappa shape index (κ3) is 2.46. The molecule has 0 radical (unpaired) electrons. The van der Waals surface area contributed by atoms with Crippen LogP contribution in [0.15, 0.2) is 30.3 Å². The van der Waals surface area contributed by atoms with Crippen molar-refractivity contribution < 1.29 is 14.1 Å². The molecule has 1 aliphatic rings. The van der Waals surface area contributed by atoms with Gasteiger partial charge in [0, 0.05) is 17.8 Å². The highest BCUT2D eigenvalue weighted by Gasteiger charge is 2.35. The van der Waals surface area contributed by atoms with Crippen molar-refractivity contribution in [2.75, 3.05) is 11.4 Å². The minimum absolute atomic E-state index is 0.137. The lowest BCUT2D eigenvalue weighted by Crippen LogP contribution is -2.38. The number of hydrogen-bond donors (Lipinski definition) is 0. The summed E-state index contributed by atoms with van der Waals surface area (Å²) in [7, 11) is 0. The summed E-state index contributed by atoms with van der Waals surface area (Å²) in [5.74, 6) is -0.798. The fourth-order valence-corrected chi connectivity index (χ4v) is 3.13. The Hall–Kier alpha value is -2.76. The van der Waals surface area contributed by atoms with Crippen LogP contribution in [0.3, 0.4) is 0 Å². The first-order valence-corrected chi connectivity index (χ1v) is 7.25. The van der Waals surface area contributed by atoms with Crippen LogP contribution >= 0.6 is 0 Å². The standard InChI is InChI=1S/C17H15FN2O3/c1-10-9-11(2)16(20(22)23)15-14(10)7-8-19(17(15)21)13-5-3-12(18)4-6-13/h3-6,9H,7-8H2,1-2H3. The normalized spacial score (nSPS) is 13.9. The van der Waals surface area contributed by atoms with E-state index in [0.717, 1.165) is 11.1 Å². The van der Waals surface area contributed by atoms with Gasteiger partial charge >= 0.3 is 0 Å². The summed E-state index contributed by atoms with van der Waals surface area (Å²) >= 11 is 0. The lowest BCUT2D eigenvalue weighted by atomic mass is 9.90. The van der Waals surface area contributed by atoms with Gasteiger partial charge in [0.1, 0.15) is 11.4 Å². The highest BCUT2D eigenvalue weighted by atomic mass is 19.1. The fraction of sp³-hybridized carbons (Fsp3) is 0.235. The zero-order chi connectivity index (χ0) is 16.7. The van der Waals surface area contributed by atoms with E-state index in [1.54, 1.807) is 13.0 Å². The summed E-state index contributed by atoms with van der Waals surface area (Å²) in [6.45, 7) is 3.91. The second-order valence-electron chi connectivity index (χ2n) is 5.65. The van der Waals surface area contributed by atoms with E-state index in [1.165, 1.54) is 29.2 Å². The molecule has 0 saturated carbocycles. The third-order valence-electron chi connectivity index (χ3n) is 4.19. The number of nitrogens with zero attached hydrogens (tertiary/aromatic N) is 2. The van der Waals surface area contributed by atoms with Gasteiger partial charge in [-0.2, -0.15) is 0 Å². The van der Waals surface area contributed by atoms with Gasteiger partial charge in [0.2, 0.25) is 0 Å². The highest BCUT2D eigenvalue weighted by Crippen LogP contribution is 2.35. The smallest absolute Gasteiger partial charge is 0.285 e. The summed E-state index contributed by atoms with van der Waals surface area (Å²) in [6.07, 6.45) is 0.533. The number of fused-ring (bicyclic) bond motifs is 1. The van der Waals surface area contributed by atoms with E-state index in [9.17, 15) is 19.3 Å². The molecule has 0 atom stereocenters. The molecule has 23 heavy (non-hydrogen) atoms. The molecule has 0 fully saturated rings. The van der Waals surface area contributed by atoms with Crippen LogP contribution in [-0.4, -0.2) is 17.4 Å². The molecule has 5 nitrogen and oxygen atoms in total. The average Bonchev–Trinajstić information content (AvgIpc) is 2.49. The van der Waals surface area contributed by atoms with Gasteiger partial charge in [-0.15, -0.1) is 0 Å². The summed E-state index contributed by atoms with van der Waals surface area (Å²) in [4.78, 5) is 25.2. The van der Waals surface area contributed by atoms with Crippen LogP contribution in [-0.2, 0) is 6.42 Å². The summed E-state index contributed by atoms with van der Waals surface area (Å²) in [6, 6.07) is 7.30. The van der Waals surface area contributed by atoms with Crippen molar-refractivity contribution >= 4 is 17.3 Å². The van der Waals surface area contributed by atoms with E-state index < -0.39 is 16.6 Å². The molecule has 0 bridgehead atoms. The van der Waals surface area contributed by atoms with E-state index in [0.29, 0.717) is 24.2 Å². The van der Waals surface area contributed by atoms with Gasteiger partial charge in [0.15, 0.2) is 0 Å². The van der Waals surface area contributed by atoms with Crippen LogP contribution in [0.4, 0.5) is 15.8 Å². The van der Waals surface area contributed by atoms with Crippen molar-refractivity contribution in [1.82, 2.24) is 0 Å². The van der Waals surface area contributed by atoms with Crippen molar-refractivity contribution in [3.8, 4) is 0 Å². The van der Waals surface area contributed by atoms with Gasteiger partial charge in [-0.1, -0.05) is 0 Å². The SMILES string of the molecule is Cc1cc(C)c([N+](=O)[O-])c2c1CCN(c1ccc(F)cc1)C2=O. The first-order valence-electron chi connectivity index (χ1n) is 7.25. The monoisotopic (exact) mass is 314 g/mol. The van der Waals surface area contributed by atoms with E-state index in [-0.39, 0.29) is 11.3 Å². The number of hydrogen-bond acceptors (Lipinski definition) is 3. The highest BCUT2D eigenvalue weighted by molar-refractivity contribution is 6.11. The van der Waals surface area contributed by atoms with Crippen molar-refractivity contribution in [3.05, 3.63) is 68.5 Å². The molecule has 2 aromatic carbocycles. The van der Waals surface area contributed by atoms with E-state index in [2.05, 4.69) is 0 Å². The van der Waals surface area contributed by atoms with Crippen molar-refractivity contribution in [3.63, 3.8) is 0 Å². The van der Waals surface area contributed by atoms with Gasteiger partial charge in [-0.05, 0) is 61.7 Å². The largest absolute Gasteiger partial charge is 0.308 e. The number of carbonyl (C=O) groups is 1. The first kappa shape index (κ1) is 15.1. The van der Waals surface area contributed by atoms with Gasteiger partial charge < -0.3 is 4.90 Å². The molecule has 0 unspecified atom stereocenters. The Kier molecular flexibility index (Phi) is 3.60. The van der Waals surface area contributed by atoms with E-state index in [4.69, 9.17) is 0 Å². The van der Waals surface area contributed by atoms with Crippen LogP contribution < -0.4 is 4.90 Å². The molecule has 0 aliphatic carbocycles. The van der Waals surface area contributed by atoms with E-state index in [1.807, 2.05) is 6.92 Å². The number of benzene rings is 2. The molecule has 1 aliphatic heterocycles. The van der Waals surface area contributed by atoms with Gasteiger partial charge in [0.05, 0.1) is 4.92 Å². The number of anilines is 1. The molecule has 6 heteroatoms. The quantitative estimate of drug-likeness (QED) is 0.629. The van der Waals surface area contributed by atoms with Crippen molar-refractivity contribution in [2.24, 2.45) is 0 Å². The van der Waals surface area contributed by atoms with Gasteiger partial charge in [-0.3, -0.25) is 14.9 Å².